The van der Waals surface area contributed by atoms with Gasteiger partial charge in [-0.3, -0.25) is 4.79 Å². The standard InChI is InChI=1S/C19H26N6O/c1-2-3-10-19(22-23-19)11-7-17(26)24-13-8-15(9-14-24)18-21-20-16-6-4-5-12-25(16)18/h1,15H,3-14H2. The summed E-state index contributed by atoms with van der Waals surface area (Å²) < 4.78 is 2.32. The highest BCUT2D eigenvalue weighted by atomic mass is 16.2. The first-order valence-electron chi connectivity index (χ1n) is 9.78. The lowest BCUT2D eigenvalue weighted by atomic mass is 9.94. The van der Waals surface area contributed by atoms with E-state index in [1.54, 1.807) is 0 Å². The van der Waals surface area contributed by atoms with E-state index in [4.69, 9.17) is 6.42 Å². The van der Waals surface area contributed by atoms with Crippen LogP contribution in [0.4, 0.5) is 0 Å². The molecule has 0 radical (unpaired) electrons. The smallest absolute Gasteiger partial charge is 0.222 e. The van der Waals surface area contributed by atoms with E-state index in [1.807, 2.05) is 4.90 Å². The number of fused-ring (bicyclic) bond motifs is 1. The summed E-state index contributed by atoms with van der Waals surface area (Å²) in [7, 11) is 0. The van der Waals surface area contributed by atoms with Crippen molar-refractivity contribution in [2.45, 2.75) is 75.9 Å². The molecular weight excluding hydrogens is 328 g/mol. The zero-order chi connectivity index (χ0) is 18.0. The number of rotatable bonds is 6. The molecule has 1 saturated heterocycles. The van der Waals surface area contributed by atoms with Gasteiger partial charge in [0, 0.05) is 57.7 Å². The first-order valence-corrected chi connectivity index (χ1v) is 9.78. The van der Waals surface area contributed by atoms with Gasteiger partial charge < -0.3 is 9.47 Å². The molecule has 4 heterocycles. The Morgan fingerprint density at radius 2 is 1.96 bits per heavy atom. The molecule has 0 aromatic carbocycles. The van der Waals surface area contributed by atoms with E-state index in [1.165, 1.54) is 12.8 Å². The number of piperidine rings is 1. The van der Waals surface area contributed by atoms with E-state index < -0.39 is 0 Å². The second-order valence-electron chi connectivity index (χ2n) is 7.62. The van der Waals surface area contributed by atoms with E-state index in [9.17, 15) is 4.79 Å². The number of likely N-dealkylation sites (tertiary alicyclic amines) is 1. The summed E-state index contributed by atoms with van der Waals surface area (Å²) in [5.41, 5.74) is -0.360. The lowest BCUT2D eigenvalue weighted by Gasteiger charge is -2.32. The van der Waals surface area contributed by atoms with E-state index in [0.29, 0.717) is 25.2 Å². The van der Waals surface area contributed by atoms with Crippen LogP contribution in [0.25, 0.3) is 0 Å². The number of aryl methyl sites for hydroxylation is 1. The fraction of sp³-hybridized carbons (Fsp3) is 0.737. The van der Waals surface area contributed by atoms with Crippen molar-refractivity contribution >= 4 is 5.91 Å². The average molecular weight is 354 g/mol. The predicted octanol–water partition coefficient (Wildman–Crippen LogP) is 2.68. The fourth-order valence-corrected chi connectivity index (χ4v) is 4.15. The SMILES string of the molecule is C#CCCC1(CCC(=O)N2CCC(c3nnc4n3CCCC4)CC2)N=N1. The highest BCUT2D eigenvalue weighted by molar-refractivity contribution is 5.76. The largest absolute Gasteiger partial charge is 0.343 e. The van der Waals surface area contributed by atoms with Gasteiger partial charge in [0.2, 0.25) is 5.91 Å². The van der Waals surface area contributed by atoms with Crippen LogP contribution in [0.15, 0.2) is 10.2 Å². The highest BCUT2D eigenvalue weighted by Gasteiger charge is 2.40. The van der Waals surface area contributed by atoms with E-state index >= 15 is 0 Å². The number of hydrogen-bond donors (Lipinski definition) is 0. The van der Waals surface area contributed by atoms with Crippen molar-refractivity contribution in [2.75, 3.05) is 13.1 Å². The minimum Gasteiger partial charge on any atom is -0.343 e. The Kier molecular flexibility index (Phi) is 4.75. The van der Waals surface area contributed by atoms with Gasteiger partial charge in [0.25, 0.3) is 0 Å². The monoisotopic (exact) mass is 354 g/mol. The molecule has 3 aliphatic heterocycles. The maximum Gasteiger partial charge on any atom is 0.222 e. The molecular formula is C19H26N6O. The highest BCUT2D eigenvalue weighted by Crippen LogP contribution is 2.38. The van der Waals surface area contributed by atoms with Crippen LogP contribution in [0, 0.1) is 12.3 Å². The maximum absolute atomic E-state index is 12.5. The Labute approximate surface area is 154 Å². The molecule has 0 bridgehead atoms. The first-order chi connectivity index (χ1) is 12.7. The number of terminal acetylenes is 1. The van der Waals surface area contributed by atoms with E-state index in [2.05, 4.69) is 30.9 Å². The van der Waals surface area contributed by atoms with Crippen LogP contribution in [0.5, 0.6) is 0 Å². The molecule has 0 aliphatic carbocycles. The molecule has 1 aromatic heterocycles. The average Bonchev–Trinajstić information content (AvgIpc) is 3.33. The minimum absolute atomic E-state index is 0.212. The van der Waals surface area contributed by atoms with Gasteiger partial charge in [0.15, 0.2) is 5.66 Å². The van der Waals surface area contributed by atoms with Crippen LogP contribution < -0.4 is 0 Å². The molecule has 1 aromatic rings. The molecule has 138 valence electrons. The Bertz CT molecular complexity index is 732. The van der Waals surface area contributed by atoms with E-state index in [-0.39, 0.29) is 11.6 Å². The number of aromatic nitrogens is 3. The molecule has 0 N–H and O–H groups in total. The second kappa shape index (κ2) is 7.18. The van der Waals surface area contributed by atoms with Crippen molar-refractivity contribution in [1.82, 2.24) is 19.7 Å². The molecule has 4 rings (SSSR count). The van der Waals surface area contributed by atoms with Crippen molar-refractivity contribution in [3.8, 4) is 12.3 Å². The van der Waals surface area contributed by atoms with Crippen molar-refractivity contribution in [3.63, 3.8) is 0 Å². The summed E-state index contributed by atoms with van der Waals surface area (Å²) >= 11 is 0. The molecule has 3 aliphatic rings. The summed E-state index contributed by atoms with van der Waals surface area (Å²) in [6.07, 6.45) is 13.3. The van der Waals surface area contributed by atoms with Gasteiger partial charge in [0.1, 0.15) is 11.6 Å². The molecule has 0 spiro atoms. The number of hydrogen-bond acceptors (Lipinski definition) is 5. The third-order valence-electron chi connectivity index (χ3n) is 5.89. The normalized spacial score (nSPS) is 21.3. The Balaban J connectivity index is 1.26. The summed E-state index contributed by atoms with van der Waals surface area (Å²) in [6, 6.07) is 0. The van der Waals surface area contributed by atoms with Crippen LogP contribution in [0.1, 0.15) is 68.9 Å². The van der Waals surface area contributed by atoms with Crippen LogP contribution in [0.3, 0.4) is 0 Å². The number of nitrogens with zero attached hydrogens (tertiary/aromatic N) is 6. The van der Waals surface area contributed by atoms with Crippen molar-refractivity contribution in [1.29, 1.82) is 0 Å². The van der Waals surface area contributed by atoms with Crippen LogP contribution in [0.2, 0.25) is 0 Å². The Hall–Kier alpha value is -2.23. The Morgan fingerprint density at radius 1 is 1.15 bits per heavy atom. The van der Waals surface area contributed by atoms with Crippen LogP contribution in [-0.2, 0) is 17.8 Å². The van der Waals surface area contributed by atoms with Crippen molar-refractivity contribution in [3.05, 3.63) is 11.6 Å². The number of carbonyl (C=O) groups is 1. The fourth-order valence-electron chi connectivity index (χ4n) is 4.15. The summed E-state index contributed by atoms with van der Waals surface area (Å²) in [5, 5.41) is 17.1. The zero-order valence-electron chi connectivity index (χ0n) is 15.2. The van der Waals surface area contributed by atoms with Crippen LogP contribution >= 0.6 is 0 Å². The van der Waals surface area contributed by atoms with Gasteiger partial charge >= 0.3 is 0 Å². The van der Waals surface area contributed by atoms with E-state index in [0.717, 1.165) is 57.0 Å². The summed E-state index contributed by atoms with van der Waals surface area (Å²) in [6.45, 7) is 2.65. The summed E-state index contributed by atoms with van der Waals surface area (Å²) in [4.78, 5) is 14.5. The molecule has 7 nitrogen and oxygen atoms in total. The molecule has 26 heavy (non-hydrogen) atoms. The van der Waals surface area contributed by atoms with Crippen LogP contribution in [-0.4, -0.2) is 44.3 Å². The quantitative estimate of drug-likeness (QED) is 0.737. The van der Waals surface area contributed by atoms with Crippen molar-refractivity contribution in [2.24, 2.45) is 10.2 Å². The van der Waals surface area contributed by atoms with Gasteiger partial charge in [-0.1, -0.05) is 0 Å². The molecule has 7 heteroatoms. The van der Waals surface area contributed by atoms with Gasteiger partial charge in [-0.05, 0) is 25.7 Å². The van der Waals surface area contributed by atoms with Gasteiger partial charge in [-0.15, -0.1) is 22.5 Å². The van der Waals surface area contributed by atoms with Crippen molar-refractivity contribution < 1.29 is 4.79 Å². The van der Waals surface area contributed by atoms with Gasteiger partial charge in [-0.25, -0.2) is 0 Å². The molecule has 0 saturated carbocycles. The first kappa shape index (κ1) is 17.2. The maximum atomic E-state index is 12.5. The molecule has 0 atom stereocenters. The molecule has 1 amide bonds. The lowest BCUT2D eigenvalue weighted by molar-refractivity contribution is -0.132. The molecule has 1 fully saturated rings. The minimum atomic E-state index is -0.360. The Morgan fingerprint density at radius 3 is 2.69 bits per heavy atom. The number of carbonyl (C=O) groups excluding carboxylic acids is 1. The predicted molar refractivity (Wildman–Crippen MR) is 96.4 cm³/mol. The number of amides is 1. The van der Waals surface area contributed by atoms with Gasteiger partial charge in [0.05, 0.1) is 0 Å². The lowest BCUT2D eigenvalue weighted by Crippen LogP contribution is -2.38. The molecule has 0 unspecified atom stereocenters. The third kappa shape index (κ3) is 3.50. The zero-order valence-corrected chi connectivity index (χ0v) is 15.2. The topological polar surface area (TPSA) is 75.7 Å². The third-order valence-corrected chi connectivity index (χ3v) is 5.89. The summed E-state index contributed by atoms with van der Waals surface area (Å²) in [5.74, 6) is 5.54. The second-order valence-corrected chi connectivity index (χ2v) is 7.62. The van der Waals surface area contributed by atoms with Gasteiger partial charge in [-0.2, -0.15) is 10.2 Å².